The number of hydrogen-bond acceptors (Lipinski definition) is 8. The van der Waals surface area contributed by atoms with Crippen LogP contribution in [0.1, 0.15) is 21.5 Å². The number of aryl methyl sites for hydroxylation is 1. The van der Waals surface area contributed by atoms with Gasteiger partial charge in [-0.1, -0.05) is 23.7 Å². The molecule has 0 spiro atoms. The van der Waals surface area contributed by atoms with Gasteiger partial charge in [-0.3, -0.25) is 9.69 Å². The number of halogens is 1. The third-order valence-corrected chi connectivity index (χ3v) is 6.91. The Morgan fingerprint density at radius 2 is 1.82 bits per heavy atom. The predicted molar refractivity (Wildman–Crippen MR) is 150 cm³/mol. The van der Waals surface area contributed by atoms with Crippen molar-refractivity contribution in [1.29, 1.82) is 0 Å². The van der Waals surface area contributed by atoms with Crippen molar-refractivity contribution < 1.29 is 4.79 Å². The molecule has 0 saturated carbocycles. The van der Waals surface area contributed by atoms with Gasteiger partial charge in [-0.2, -0.15) is 0 Å². The van der Waals surface area contributed by atoms with Crippen LogP contribution in [-0.4, -0.2) is 68.9 Å². The third-order valence-electron chi connectivity index (χ3n) is 6.56. The lowest BCUT2D eigenvalue weighted by Crippen LogP contribution is -2.43. The molecule has 9 nitrogen and oxygen atoms in total. The van der Waals surface area contributed by atoms with E-state index in [-0.39, 0.29) is 5.91 Å². The number of amides is 1. The largest absolute Gasteiger partial charge is 0.324 e. The molecule has 1 aliphatic rings. The maximum atomic E-state index is 13.0. The Hall–Kier alpha value is -3.92. The van der Waals surface area contributed by atoms with Gasteiger partial charge in [0.1, 0.15) is 6.33 Å². The van der Waals surface area contributed by atoms with Crippen LogP contribution in [0.4, 0.5) is 17.3 Å². The Morgan fingerprint density at radius 1 is 1.03 bits per heavy atom. The first-order valence-electron chi connectivity index (χ1n) is 12.4. The van der Waals surface area contributed by atoms with Crippen LogP contribution in [0.5, 0.6) is 0 Å². The molecule has 1 saturated heterocycles. The summed E-state index contributed by atoms with van der Waals surface area (Å²) in [4.78, 5) is 34.7. The van der Waals surface area contributed by atoms with Gasteiger partial charge in [0.25, 0.3) is 5.91 Å². The minimum atomic E-state index is -0.227. The smallest absolute Gasteiger partial charge is 0.255 e. The van der Waals surface area contributed by atoms with Crippen LogP contribution in [0.2, 0.25) is 5.02 Å². The fraction of sp³-hybridized carbons (Fsp3) is 0.250. The van der Waals surface area contributed by atoms with E-state index < -0.39 is 0 Å². The Bertz CT molecular complexity index is 1420. The molecule has 0 aliphatic carbocycles. The highest BCUT2D eigenvalue weighted by Gasteiger charge is 2.16. The summed E-state index contributed by atoms with van der Waals surface area (Å²) in [6, 6.07) is 13.0. The molecule has 0 radical (unpaired) electrons. The zero-order valence-electron chi connectivity index (χ0n) is 21.4. The summed E-state index contributed by atoms with van der Waals surface area (Å²) in [5, 5.41) is 6.82. The first-order valence-corrected chi connectivity index (χ1v) is 12.8. The molecule has 0 unspecified atom stereocenters. The molecule has 1 amide bonds. The molecule has 2 aromatic carbocycles. The summed E-state index contributed by atoms with van der Waals surface area (Å²) in [6.07, 6.45) is 6.55. The van der Waals surface area contributed by atoms with E-state index in [2.05, 4.69) is 47.4 Å². The van der Waals surface area contributed by atoms with Crippen molar-refractivity contribution in [2.75, 3.05) is 43.9 Å². The summed E-state index contributed by atoms with van der Waals surface area (Å²) in [6.45, 7) is 6.86. The molecule has 0 atom stereocenters. The molecular formula is C28H29ClN8O. The zero-order valence-corrected chi connectivity index (χ0v) is 22.1. The van der Waals surface area contributed by atoms with Crippen LogP contribution >= 0.6 is 11.6 Å². The summed E-state index contributed by atoms with van der Waals surface area (Å²) in [7, 11) is 2.14. The molecule has 3 heterocycles. The van der Waals surface area contributed by atoms with E-state index >= 15 is 0 Å². The number of carbonyl (C=O) groups is 1. The number of likely N-dealkylation sites (N-methyl/N-ethyl adjacent to an activating group) is 1. The second-order valence-electron chi connectivity index (χ2n) is 9.39. The van der Waals surface area contributed by atoms with Gasteiger partial charge in [0.05, 0.1) is 5.69 Å². The minimum Gasteiger partial charge on any atom is -0.324 e. The number of benzene rings is 2. The third kappa shape index (κ3) is 6.31. The van der Waals surface area contributed by atoms with E-state index in [9.17, 15) is 4.79 Å². The number of anilines is 3. The Balaban J connectivity index is 1.26. The molecule has 1 fully saturated rings. The zero-order chi connectivity index (χ0) is 26.5. The molecule has 4 aromatic rings. The van der Waals surface area contributed by atoms with Crippen LogP contribution in [0.3, 0.4) is 0 Å². The molecule has 2 aromatic heterocycles. The lowest BCUT2D eigenvalue weighted by Gasteiger charge is -2.32. The van der Waals surface area contributed by atoms with Gasteiger partial charge in [-0.25, -0.2) is 19.9 Å². The fourth-order valence-electron chi connectivity index (χ4n) is 4.23. The molecule has 194 valence electrons. The van der Waals surface area contributed by atoms with E-state index in [0.29, 0.717) is 27.9 Å². The average molecular weight is 529 g/mol. The molecular weight excluding hydrogens is 500 g/mol. The number of nitrogens with zero attached hydrogens (tertiary/aromatic N) is 6. The SMILES string of the molecule is Cc1ccc(NC(=O)c2ccc(CN3CCN(C)CC3)c(Cl)c2)cc1Nc1nccc(-c2cncnc2)n1. The van der Waals surface area contributed by atoms with Gasteiger partial charge in [0.2, 0.25) is 5.95 Å². The van der Waals surface area contributed by atoms with E-state index in [1.165, 1.54) is 6.33 Å². The van der Waals surface area contributed by atoms with E-state index in [1.54, 1.807) is 30.7 Å². The first-order chi connectivity index (χ1) is 18.4. The molecule has 1 aliphatic heterocycles. The predicted octanol–water partition coefficient (Wildman–Crippen LogP) is 4.64. The van der Waals surface area contributed by atoms with Gasteiger partial charge in [0.15, 0.2) is 0 Å². The van der Waals surface area contributed by atoms with Crippen molar-refractivity contribution >= 4 is 34.8 Å². The lowest BCUT2D eigenvalue weighted by molar-refractivity contribution is 0.102. The lowest BCUT2D eigenvalue weighted by atomic mass is 10.1. The second-order valence-corrected chi connectivity index (χ2v) is 9.79. The minimum absolute atomic E-state index is 0.227. The van der Waals surface area contributed by atoms with Crippen molar-refractivity contribution in [3.05, 3.63) is 89.1 Å². The molecule has 0 bridgehead atoms. The Morgan fingerprint density at radius 3 is 2.58 bits per heavy atom. The second kappa shape index (κ2) is 11.6. The number of piperazine rings is 1. The summed E-state index contributed by atoms with van der Waals surface area (Å²) >= 11 is 6.57. The van der Waals surface area contributed by atoms with Gasteiger partial charge < -0.3 is 15.5 Å². The van der Waals surface area contributed by atoms with Crippen molar-refractivity contribution in [2.24, 2.45) is 0 Å². The normalized spacial score (nSPS) is 14.3. The van der Waals surface area contributed by atoms with Gasteiger partial charge >= 0.3 is 0 Å². The van der Waals surface area contributed by atoms with Crippen LogP contribution < -0.4 is 10.6 Å². The van der Waals surface area contributed by atoms with Crippen molar-refractivity contribution in [3.63, 3.8) is 0 Å². The van der Waals surface area contributed by atoms with Gasteiger partial charge in [-0.05, 0) is 55.4 Å². The highest BCUT2D eigenvalue weighted by Crippen LogP contribution is 2.25. The summed E-state index contributed by atoms with van der Waals surface area (Å²) in [5.41, 5.74) is 5.45. The molecule has 2 N–H and O–H groups in total. The average Bonchev–Trinajstić information content (AvgIpc) is 2.93. The van der Waals surface area contributed by atoms with E-state index in [1.807, 2.05) is 37.3 Å². The number of aromatic nitrogens is 4. The van der Waals surface area contributed by atoms with Crippen molar-refractivity contribution in [2.45, 2.75) is 13.5 Å². The summed E-state index contributed by atoms with van der Waals surface area (Å²) in [5.74, 6) is 0.204. The fourth-order valence-corrected chi connectivity index (χ4v) is 4.47. The van der Waals surface area contributed by atoms with E-state index in [4.69, 9.17) is 11.6 Å². The van der Waals surface area contributed by atoms with E-state index in [0.717, 1.165) is 55.1 Å². The molecule has 38 heavy (non-hydrogen) atoms. The Kier molecular flexibility index (Phi) is 7.88. The maximum Gasteiger partial charge on any atom is 0.255 e. The van der Waals surface area contributed by atoms with Crippen LogP contribution in [0.15, 0.2) is 67.4 Å². The van der Waals surface area contributed by atoms with Gasteiger partial charge in [-0.15, -0.1) is 0 Å². The maximum absolute atomic E-state index is 13.0. The quantitative estimate of drug-likeness (QED) is 0.358. The molecule has 10 heteroatoms. The Labute approximate surface area is 226 Å². The van der Waals surface area contributed by atoms with Crippen LogP contribution in [0.25, 0.3) is 11.3 Å². The number of nitrogens with one attached hydrogen (secondary N) is 2. The van der Waals surface area contributed by atoms with Crippen LogP contribution in [-0.2, 0) is 6.54 Å². The van der Waals surface area contributed by atoms with Crippen molar-refractivity contribution in [1.82, 2.24) is 29.7 Å². The van der Waals surface area contributed by atoms with Crippen molar-refractivity contribution in [3.8, 4) is 11.3 Å². The number of hydrogen-bond donors (Lipinski definition) is 2. The molecule has 5 rings (SSSR count). The summed E-state index contributed by atoms with van der Waals surface area (Å²) < 4.78 is 0. The number of rotatable bonds is 7. The monoisotopic (exact) mass is 528 g/mol. The van der Waals surface area contributed by atoms with Gasteiger partial charge in [0, 0.05) is 78.8 Å². The number of carbonyl (C=O) groups excluding carboxylic acids is 1. The van der Waals surface area contributed by atoms with Crippen LogP contribution in [0, 0.1) is 6.92 Å². The first kappa shape index (κ1) is 25.7. The topological polar surface area (TPSA) is 99.2 Å². The highest BCUT2D eigenvalue weighted by molar-refractivity contribution is 6.31. The standard InChI is InChI=1S/C28H29ClN8O/c1-19-3-6-23(14-26(19)35-28-32-8-7-25(34-28)22-15-30-18-31-16-22)33-27(38)20-4-5-21(24(29)13-20)17-37-11-9-36(2)10-12-37/h3-8,13-16,18H,9-12,17H2,1-2H3,(H,33,38)(H,32,34,35). The highest BCUT2D eigenvalue weighted by atomic mass is 35.5.